The van der Waals surface area contributed by atoms with Gasteiger partial charge in [0.25, 0.3) is 0 Å². The molecule has 158 valence electrons. The summed E-state index contributed by atoms with van der Waals surface area (Å²) in [5.41, 5.74) is 3.52. The number of carbonyl (C=O) groups is 2. The number of rotatable bonds is 5. The summed E-state index contributed by atoms with van der Waals surface area (Å²) < 4.78 is 20.1. The molecule has 32 heavy (non-hydrogen) atoms. The zero-order chi connectivity index (χ0) is 22.7. The Labute approximate surface area is 184 Å². The number of esters is 1. The molecule has 1 N–H and O–H groups in total. The number of carboxylic acid groups (broad SMARTS) is 1. The Kier molecular flexibility index (Phi) is 5.81. The van der Waals surface area contributed by atoms with E-state index >= 15 is 0 Å². The van der Waals surface area contributed by atoms with Gasteiger partial charge in [0.1, 0.15) is 11.6 Å². The fraction of sp³-hybridized carbons (Fsp3) is 0.0370. The highest BCUT2D eigenvalue weighted by Crippen LogP contribution is 2.29. The monoisotopic (exact) mass is 426 g/mol. The number of hydrogen-bond donors (Lipinski definition) is 1. The van der Waals surface area contributed by atoms with Gasteiger partial charge >= 0.3 is 11.9 Å². The van der Waals surface area contributed by atoms with E-state index in [9.17, 15) is 14.0 Å². The largest absolute Gasteiger partial charge is 0.478 e. The van der Waals surface area contributed by atoms with Crippen LogP contribution in [0.15, 0.2) is 91.0 Å². The summed E-state index contributed by atoms with van der Waals surface area (Å²) in [5, 5.41) is 9.14. The van der Waals surface area contributed by atoms with E-state index in [1.165, 1.54) is 24.3 Å². The minimum absolute atomic E-state index is 0.117. The van der Waals surface area contributed by atoms with Crippen LogP contribution in [-0.2, 0) is 0 Å². The molecule has 0 bridgehead atoms. The van der Waals surface area contributed by atoms with Crippen molar-refractivity contribution in [3.05, 3.63) is 114 Å². The van der Waals surface area contributed by atoms with E-state index in [1.807, 2.05) is 43.3 Å². The van der Waals surface area contributed by atoms with E-state index in [4.69, 9.17) is 9.84 Å². The van der Waals surface area contributed by atoms with Crippen LogP contribution in [0.5, 0.6) is 5.75 Å². The van der Waals surface area contributed by atoms with E-state index in [2.05, 4.69) is 0 Å². The number of halogens is 1. The maximum Gasteiger partial charge on any atom is 0.343 e. The third kappa shape index (κ3) is 4.27. The molecule has 0 saturated heterocycles. The second kappa shape index (κ2) is 8.86. The van der Waals surface area contributed by atoms with Gasteiger partial charge in [-0.1, -0.05) is 60.7 Å². The number of carbonyl (C=O) groups excluding carboxylic acids is 1. The van der Waals surface area contributed by atoms with Crippen LogP contribution in [0.3, 0.4) is 0 Å². The fourth-order valence-electron chi connectivity index (χ4n) is 3.55. The van der Waals surface area contributed by atoms with Gasteiger partial charge in [-0.2, -0.15) is 0 Å². The average molecular weight is 426 g/mol. The lowest BCUT2D eigenvalue weighted by atomic mass is 9.98. The topological polar surface area (TPSA) is 63.6 Å². The van der Waals surface area contributed by atoms with Crippen molar-refractivity contribution in [1.29, 1.82) is 0 Å². The van der Waals surface area contributed by atoms with Crippen LogP contribution in [-0.4, -0.2) is 17.0 Å². The van der Waals surface area contributed by atoms with Crippen LogP contribution in [0, 0.1) is 12.7 Å². The number of aromatic carboxylic acids is 1. The molecule has 0 saturated carbocycles. The Hall–Kier alpha value is -4.25. The van der Waals surface area contributed by atoms with Gasteiger partial charge in [0.2, 0.25) is 0 Å². The molecule has 4 nitrogen and oxygen atoms in total. The number of ether oxygens (including phenoxy) is 1. The Balaban J connectivity index is 1.58. The van der Waals surface area contributed by atoms with Crippen molar-refractivity contribution in [1.82, 2.24) is 0 Å². The van der Waals surface area contributed by atoms with Gasteiger partial charge in [-0.15, -0.1) is 0 Å². The molecular weight excluding hydrogens is 407 g/mol. The standard InChI is InChI=1S/C27H19FO4/c1-17-15-20(13-14-22(17)18-7-3-2-4-8-18)27(31)32-21-10-5-9-19(16-21)23-11-6-12-24(25(23)28)26(29)30/h2-16H,1H3,(H,29,30). The van der Waals surface area contributed by atoms with Gasteiger partial charge in [0.15, 0.2) is 0 Å². The van der Waals surface area contributed by atoms with E-state index in [-0.39, 0.29) is 11.3 Å². The predicted molar refractivity (Wildman–Crippen MR) is 120 cm³/mol. The van der Waals surface area contributed by atoms with Gasteiger partial charge in [0.05, 0.1) is 11.1 Å². The second-order valence-electron chi connectivity index (χ2n) is 7.29. The van der Waals surface area contributed by atoms with Crippen molar-refractivity contribution >= 4 is 11.9 Å². The molecule has 5 heteroatoms. The third-order valence-corrected chi connectivity index (χ3v) is 5.13. The van der Waals surface area contributed by atoms with Gasteiger partial charge < -0.3 is 9.84 Å². The van der Waals surface area contributed by atoms with E-state index in [1.54, 1.807) is 30.3 Å². The lowest BCUT2D eigenvalue weighted by Gasteiger charge is -2.11. The van der Waals surface area contributed by atoms with Crippen LogP contribution >= 0.6 is 0 Å². The van der Waals surface area contributed by atoms with Crippen molar-refractivity contribution in [2.24, 2.45) is 0 Å². The van der Waals surface area contributed by atoms with Crippen molar-refractivity contribution in [2.75, 3.05) is 0 Å². The lowest BCUT2D eigenvalue weighted by molar-refractivity contribution is 0.0689. The molecule has 0 aliphatic heterocycles. The third-order valence-electron chi connectivity index (χ3n) is 5.13. The maximum atomic E-state index is 14.6. The number of carboxylic acids is 1. The molecule has 0 atom stereocenters. The summed E-state index contributed by atoms with van der Waals surface area (Å²) >= 11 is 0. The summed E-state index contributed by atoms with van der Waals surface area (Å²) in [6, 6.07) is 25.7. The van der Waals surface area contributed by atoms with Crippen LogP contribution in [0.4, 0.5) is 4.39 Å². The number of hydrogen-bond acceptors (Lipinski definition) is 3. The molecule has 0 aromatic heterocycles. The molecule has 0 fully saturated rings. The van der Waals surface area contributed by atoms with Crippen molar-refractivity contribution < 1.29 is 23.8 Å². The van der Waals surface area contributed by atoms with E-state index in [0.717, 1.165) is 16.7 Å². The Bertz CT molecular complexity index is 1310. The summed E-state index contributed by atoms with van der Waals surface area (Å²) in [7, 11) is 0. The molecule has 0 radical (unpaired) electrons. The molecular formula is C27H19FO4. The molecule has 4 rings (SSSR count). The lowest BCUT2D eigenvalue weighted by Crippen LogP contribution is -2.09. The predicted octanol–water partition coefficient (Wildman–Crippen LogP) is 6.39. The van der Waals surface area contributed by atoms with Gasteiger partial charge in [0, 0.05) is 5.56 Å². The van der Waals surface area contributed by atoms with Gasteiger partial charge in [-0.3, -0.25) is 0 Å². The number of aryl methyl sites for hydroxylation is 1. The highest BCUT2D eigenvalue weighted by Gasteiger charge is 2.16. The smallest absolute Gasteiger partial charge is 0.343 e. The minimum atomic E-state index is -1.35. The van der Waals surface area contributed by atoms with Crippen LogP contribution in [0.2, 0.25) is 0 Å². The first-order chi connectivity index (χ1) is 15.4. The Morgan fingerprint density at radius 2 is 1.50 bits per heavy atom. The molecule has 0 heterocycles. The summed E-state index contributed by atoms with van der Waals surface area (Å²) in [4.78, 5) is 23.9. The maximum absolute atomic E-state index is 14.6. The highest BCUT2D eigenvalue weighted by atomic mass is 19.1. The Morgan fingerprint density at radius 1 is 0.781 bits per heavy atom. The summed E-state index contributed by atoms with van der Waals surface area (Å²) in [5.74, 6) is -2.49. The van der Waals surface area contributed by atoms with Crippen molar-refractivity contribution in [3.63, 3.8) is 0 Å². The average Bonchev–Trinajstić information content (AvgIpc) is 2.79. The Morgan fingerprint density at radius 3 is 2.22 bits per heavy atom. The van der Waals surface area contributed by atoms with Gasteiger partial charge in [-0.25, -0.2) is 14.0 Å². The van der Waals surface area contributed by atoms with Crippen LogP contribution in [0.1, 0.15) is 26.3 Å². The normalized spacial score (nSPS) is 10.6. The number of benzene rings is 4. The quantitative estimate of drug-likeness (QED) is 0.297. The van der Waals surface area contributed by atoms with E-state index in [0.29, 0.717) is 11.1 Å². The molecule has 0 aliphatic carbocycles. The molecule has 4 aromatic carbocycles. The summed E-state index contributed by atoms with van der Waals surface area (Å²) in [6.07, 6.45) is 0. The van der Waals surface area contributed by atoms with E-state index < -0.39 is 23.3 Å². The van der Waals surface area contributed by atoms with Crippen LogP contribution in [0.25, 0.3) is 22.3 Å². The first kappa shape index (κ1) is 21.0. The van der Waals surface area contributed by atoms with Crippen LogP contribution < -0.4 is 4.74 Å². The van der Waals surface area contributed by atoms with Gasteiger partial charge in [-0.05, 0) is 59.5 Å². The van der Waals surface area contributed by atoms with Crippen molar-refractivity contribution in [2.45, 2.75) is 6.92 Å². The first-order valence-corrected chi connectivity index (χ1v) is 9.94. The SMILES string of the molecule is Cc1cc(C(=O)Oc2cccc(-c3cccc(C(=O)O)c3F)c2)ccc1-c1ccccc1. The first-order valence-electron chi connectivity index (χ1n) is 9.94. The zero-order valence-electron chi connectivity index (χ0n) is 17.2. The molecule has 0 aliphatic rings. The second-order valence-corrected chi connectivity index (χ2v) is 7.29. The molecule has 4 aromatic rings. The fourth-order valence-corrected chi connectivity index (χ4v) is 3.55. The minimum Gasteiger partial charge on any atom is -0.478 e. The highest BCUT2D eigenvalue weighted by molar-refractivity contribution is 5.93. The molecule has 0 unspecified atom stereocenters. The van der Waals surface area contributed by atoms with Crippen molar-refractivity contribution in [3.8, 4) is 28.0 Å². The molecule has 0 spiro atoms. The zero-order valence-corrected chi connectivity index (χ0v) is 17.2. The summed E-state index contributed by atoms with van der Waals surface area (Å²) in [6.45, 7) is 1.93. The molecule has 0 amide bonds.